The van der Waals surface area contributed by atoms with Crippen molar-refractivity contribution in [2.24, 2.45) is 11.7 Å². The molecule has 0 aromatic carbocycles. The Balaban J connectivity index is 2.71. The van der Waals surface area contributed by atoms with Crippen LogP contribution in [0.3, 0.4) is 0 Å². The van der Waals surface area contributed by atoms with Crippen LogP contribution in [0.25, 0.3) is 0 Å². The normalized spacial score (nSPS) is 14.4. The zero-order valence-electron chi connectivity index (χ0n) is 9.25. The highest BCUT2D eigenvalue weighted by molar-refractivity contribution is 5.76. The van der Waals surface area contributed by atoms with Gasteiger partial charge < -0.3 is 20.8 Å². The van der Waals surface area contributed by atoms with Crippen molar-refractivity contribution in [3.05, 3.63) is 12.1 Å². The van der Waals surface area contributed by atoms with Gasteiger partial charge in [0.25, 0.3) is 0 Å². The van der Waals surface area contributed by atoms with Crippen molar-refractivity contribution in [3.8, 4) is 11.8 Å². The third kappa shape index (κ3) is 2.46. The molecular weight excluding hydrogens is 215 g/mol. The number of carbonyl (C=O) groups excluding carboxylic acids is 1. The van der Waals surface area contributed by atoms with Gasteiger partial charge in [-0.2, -0.15) is 0 Å². The van der Waals surface area contributed by atoms with Crippen LogP contribution in [-0.4, -0.2) is 27.0 Å². The van der Waals surface area contributed by atoms with Gasteiger partial charge in [0.05, 0.1) is 0 Å². The zero-order chi connectivity index (χ0) is 12.3. The van der Waals surface area contributed by atoms with E-state index >= 15 is 0 Å². The van der Waals surface area contributed by atoms with Crippen LogP contribution < -0.4 is 10.6 Å². The topological polar surface area (TPSA) is 97.7 Å². The first-order chi connectivity index (χ1) is 7.47. The average Bonchev–Trinajstić information content (AvgIpc) is 2.58. The summed E-state index contributed by atoms with van der Waals surface area (Å²) in [6.45, 7) is 3.73. The molecular formula is C10H16N2O4. The molecule has 2 unspecified atom stereocenters. The predicted molar refractivity (Wildman–Crippen MR) is 56.8 cm³/mol. The second-order valence-corrected chi connectivity index (χ2v) is 3.67. The summed E-state index contributed by atoms with van der Waals surface area (Å²) in [5.74, 6) is -1.45. The lowest BCUT2D eigenvalue weighted by Crippen LogP contribution is -2.42. The zero-order valence-corrected chi connectivity index (χ0v) is 9.25. The van der Waals surface area contributed by atoms with Crippen LogP contribution in [0.4, 0.5) is 0 Å². The van der Waals surface area contributed by atoms with Gasteiger partial charge in [0.15, 0.2) is 0 Å². The first-order valence-electron chi connectivity index (χ1n) is 5.04. The molecule has 90 valence electrons. The third-order valence-corrected chi connectivity index (χ3v) is 2.51. The van der Waals surface area contributed by atoms with Crippen LogP contribution in [0.1, 0.15) is 20.3 Å². The van der Waals surface area contributed by atoms with Gasteiger partial charge in [0, 0.05) is 12.1 Å². The lowest BCUT2D eigenvalue weighted by molar-refractivity contribution is -0.148. The van der Waals surface area contributed by atoms with Crippen LogP contribution in [0.15, 0.2) is 12.1 Å². The molecule has 1 aromatic heterocycles. The molecule has 0 bridgehead atoms. The van der Waals surface area contributed by atoms with Crippen molar-refractivity contribution < 1.29 is 19.8 Å². The van der Waals surface area contributed by atoms with Crippen molar-refractivity contribution in [2.75, 3.05) is 0 Å². The number of hydrogen-bond acceptors (Lipinski definition) is 5. The third-order valence-electron chi connectivity index (χ3n) is 2.51. The van der Waals surface area contributed by atoms with Crippen molar-refractivity contribution in [1.29, 1.82) is 0 Å². The second kappa shape index (κ2) is 4.89. The molecule has 4 N–H and O–H groups in total. The maximum absolute atomic E-state index is 11.5. The van der Waals surface area contributed by atoms with Crippen LogP contribution in [0.5, 0.6) is 11.8 Å². The molecule has 0 spiro atoms. The van der Waals surface area contributed by atoms with E-state index in [0.29, 0.717) is 4.73 Å². The molecule has 16 heavy (non-hydrogen) atoms. The number of aromatic nitrogens is 1. The van der Waals surface area contributed by atoms with Gasteiger partial charge in [0.2, 0.25) is 11.8 Å². The van der Waals surface area contributed by atoms with E-state index in [9.17, 15) is 15.0 Å². The molecule has 0 fully saturated rings. The quantitative estimate of drug-likeness (QED) is 0.509. The van der Waals surface area contributed by atoms with Crippen molar-refractivity contribution in [2.45, 2.75) is 26.3 Å². The molecule has 6 heteroatoms. The Kier molecular flexibility index (Phi) is 3.78. The van der Waals surface area contributed by atoms with Gasteiger partial charge >= 0.3 is 5.97 Å². The van der Waals surface area contributed by atoms with E-state index in [0.717, 1.165) is 6.42 Å². The molecule has 0 aliphatic carbocycles. The van der Waals surface area contributed by atoms with Crippen LogP contribution >= 0.6 is 0 Å². The van der Waals surface area contributed by atoms with Crippen LogP contribution in [-0.2, 0) is 4.79 Å². The molecule has 0 saturated heterocycles. The molecule has 1 heterocycles. The van der Waals surface area contributed by atoms with Gasteiger partial charge in [-0.3, -0.25) is 0 Å². The van der Waals surface area contributed by atoms with Crippen LogP contribution in [0, 0.1) is 5.92 Å². The minimum absolute atomic E-state index is 0.0349. The van der Waals surface area contributed by atoms with Gasteiger partial charge in [0.1, 0.15) is 6.04 Å². The summed E-state index contributed by atoms with van der Waals surface area (Å²) in [5.41, 5.74) is 5.64. The summed E-state index contributed by atoms with van der Waals surface area (Å²) in [6, 6.07) is 1.63. The number of rotatable bonds is 4. The largest absolute Gasteiger partial charge is 0.492 e. The van der Waals surface area contributed by atoms with E-state index in [1.165, 1.54) is 12.1 Å². The molecule has 1 rings (SSSR count). The Labute approximate surface area is 93.2 Å². The molecule has 0 radical (unpaired) electrons. The number of nitrogens with zero attached hydrogens (tertiary/aromatic N) is 1. The fourth-order valence-electron chi connectivity index (χ4n) is 1.13. The summed E-state index contributed by atoms with van der Waals surface area (Å²) in [6.07, 6.45) is 0.736. The number of hydrogen-bond donors (Lipinski definition) is 3. The summed E-state index contributed by atoms with van der Waals surface area (Å²) in [4.78, 5) is 16.3. The Morgan fingerprint density at radius 3 is 2.44 bits per heavy atom. The fraction of sp³-hybridized carbons (Fsp3) is 0.500. The summed E-state index contributed by atoms with van der Waals surface area (Å²) < 4.78 is 0.630. The van der Waals surface area contributed by atoms with E-state index in [2.05, 4.69) is 0 Å². The van der Waals surface area contributed by atoms with E-state index in [4.69, 9.17) is 10.6 Å². The molecule has 1 aromatic rings. The molecule has 2 atom stereocenters. The first kappa shape index (κ1) is 12.4. The summed E-state index contributed by atoms with van der Waals surface area (Å²) in [7, 11) is 0. The Hall–Kier alpha value is -1.69. The number of carbonyl (C=O) groups is 1. The van der Waals surface area contributed by atoms with Crippen molar-refractivity contribution >= 4 is 5.97 Å². The van der Waals surface area contributed by atoms with E-state index in [1.807, 2.05) is 13.8 Å². The Morgan fingerprint density at radius 2 is 2.00 bits per heavy atom. The number of aromatic hydroxyl groups is 2. The second-order valence-electron chi connectivity index (χ2n) is 3.67. The Morgan fingerprint density at radius 1 is 1.50 bits per heavy atom. The lowest BCUT2D eigenvalue weighted by atomic mass is 10.0. The summed E-state index contributed by atoms with van der Waals surface area (Å²) >= 11 is 0. The van der Waals surface area contributed by atoms with E-state index in [1.54, 1.807) is 0 Å². The smallest absolute Gasteiger partial charge is 0.350 e. The SMILES string of the molecule is CCC(C)C([15NH2])C(=[18O])On1c(O)ccc1O. The van der Waals surface area contributed by atoms with Gasteiger partial charge in [-0.1, -0.05) is 20.3 Å². The van der Waals surface area contributed by atoms with E-state index < -0.39 is 12.0 Å². The molecule has 6 nitrogen and oxygen atoms in total. The highest BCUT2D eigenvalue weighted by Gasteiger charge is 2.23. The molecule has 0 aliphatic heterocycles. The van der Waals surface area contributed by atoms with Gasteiger partial charge in [-0.15, -0.1) is 4.73 Å². The molecule has 0 amide bonds. The fourth-order valence-corrected chi connectivity index (χ4v) is 1.13. The predicted octanol–water partition coefficient (Wildman–Crippen LogP) is 0.228. The maximum atomic E-state index is 11.5. The standard InChI is InChI=1S/C10H16N2O4/c1-3-6(2)9(11)10(15)16-12-7(13)4-5-8(12)14/h4-6,9,13-14H,3,11H2,1-2H3/i11+1,15+2. The molecule has 0 saturated carbocycles. The number of nitrogens with two attached hydrogens (primary N) is 1. The monoisotopic (exact) mass is 231 g/mol. The van der Waals surface area contributed by atoms with E-state index in [-0.39, 0.29) is 17.7 Å². The first-order valence-corrected chi connectivity index (χ1v) is 5.04. The maximum Gasteiger partial charge on any atom is 0.350 e. The lowest BCUT2D eigenvalue weighted by Gasteiger charge is -2.16. The van der Waals surface area contributed by atoms with Gasteiger partial charge in [-0.05, 0) is 5.92 Å². The average molecular weight is 231 g/mol. The van der Waals surface area contributed by atoms with Gasteiger partial charge in [-0.25, -0.2) is 4.79 Å². The van der Waals surface area contributed by atoms with Crippen molar-refractivity contribution in [3.63, 3.8) is 0 Å². The highest BCUT2D eigenvalue weighted by Crippen LogP contribution is 2.19. The van der Waals surface area contributed by atoms with Crippen LogP contribution in [0.2, 0.25) is 0 Å². The van der Waals surface area contributed by atoms with Crippen molar-refractivity contribution in [1.82, 2.24) is 4.73 Å². The highest BCUT2D eigenvalue weighted by atomic mass is 18.1. The minimum Gasteiger partial charge on any atom is -0.492 e. The molecule has 0 aliphatic rings. The minimum atomic E-state index is -0.786. The summed E-state index contributed by atoms with van der Waals surface area (Å²) in [5, 5.41) is 18.5. The Bertz CT molecular complexity index is 355.